The molecule has 0 unspecified atom stereocenters. The van der Waals surface area contributed by atoms with Crippen LogP contribution in [0.5, 0.6) is 5.75 Å². The Kier molecular flexibility index (Phi) is 6.91. The van der Waals surface area contributed by atoms with Crippen LogP contribution in [0.2, 0.25) is 0 Å². The van der Waals surface area contributed by atoms with Crippen molar-refractivity contribution in [1.82, 2.24) is 4.72 Å². The molecule has 0 fully saturated rings. The Balaban J connectivity index is 1.95. The van der Waals surface area contributed by atoms with Gasteiger partial charge in [0.1, 0.15) is 12.3 Å². The van der Waals surface area contributed by atoms with E-state index in [1.807, 2.05) is 0 Å². The van der Waals surface area contributed by atoms with Crippen molar-refractivity contribution in [1.29, 1.82) is 0 Å². The second-order valence-corrected chi connectivity index (χ2v) is 7.27. The SMILES string of the molecule is COC(=O)CNS(=O)(=O)c1ccc(NC(=O)Cc2ccc(OC)cc2)cc1. The lowest BCUT2D eigenvalue weighted by Gasteiger charge is -2.08. The van der Waals surface area contributed by atoms with Crippen molar-refractivity contribution in [3.63, 3.8) is 0 Å². The Hall–Kier alpha value is -2.91. The number of nitrogens with one attached hydrogen (secondary N) is 2. The number of sulfonamides is 1. The molecule has 2 aromatic rings. The number of benzene rings is 2. The summed E-state index contributed by atoms with van der Waals surface area (Å²) in [6.07, 6.45) is 0.171. The Labute approximate surface area is 157 Å². The van der Waals surface area contributed by atoms with Gasteiger partial charge in [0.2, 0.25) is 15.9 Å². The number of carbonyl (C=O) groups is 2. The van der Waals surface area contributed by atoms with E-state index in [0.29, 0.717) is 11.4 Å². The van der Waals surface area contributed by atoms with Gasteiger partial charge in [-0.05, 0) is 42.0 Å². The zero-order chi connectivity index (χ0) is 19.9. The van der Waals surface area contributed by atoms with Gasteiger partial charge in [-0.1, -0.05) is 12.1 Å². The van der Waals surface area contributed by atoms with Crippen LogP contribution in [0.3, 0.4) is 0 Å². The van der Waals surface area contributed by atoms with E-state index < -0.39 is 22.5 Å². The summed E-state index contributed by atoms with van der Waals surface area (Å²) < 4.78 is 35.7. The van der Waals surface area contributed by atoms with Gasteiger partial charge in [-0.15, -0.1) is 0 Å². The van der Waals surface area contributed by atoms with E-state index >= 15 is 0 Å². The monoisotopic (exact) mass is 392 g/mol. The first-order valence-electron chi connectivity index (χ1n) is 7.93. The third kappa shape index (κ3) is 6.08. The topological polar surface area (TPSA) is 111 Å². The van der Waals surface area contributed by atoms with Crippen LogP contribution in [0, 0.1) is 0 Å². The summed E-state index contributed by atoms with van der Waals surface area (Å²) in [7, 11) is -1.11. The largest absolute Gasteiger partial charge is 0.497 e. The summed E-state index contributed by atoms with van der Waals surface area (Å²) in [4.78, 5) is 23.1. The molecule has 0 aliphatic rings. The minimum atomic E-state index is -3.84. The lowest BCUT2D eigenvalue weighted by atomic mass is 10.1. The fourth-order valence-corrected chi connectivity index (χ4v) is 3.13. The Morgan fingerprint density at radius 1 is 0.963 bits per heavy atom. The lowest BCUT2D eigenvalue weighted by Crippen LogP contribution is -2.30. The Morgan fingerprint density at radius 2 is 1.59 bits per heavy atom. The van der Waals surface area contributed by atoms with Crippen LogP contribution < -0.4 is 14.8 Å². The Morgan fingerprint density at radius 3 is 2.15 bits per heavy atom. The number of carbonyl (C=O) groups excluding carboxylic acids is 2. The van der Waals surface area contributed by atoms with Gasteiger partial charge in [-0.3, -0.25) is 9.59 Å². The standard InChI is InChI=1S/C18H20N2O6S/c1-25-15-7-3-13(4-8-15)11-17(21)20-14-5-9-16(10-6-14)27(23,24)19-12-18(22)26-2/h3-10,19H,11-12H2,1-2H3,(H,20,21). The molecule has 0 heterocycles. The van der Waals surface area contributed by atoms with Crippen LogP contribution in [0.25, 0.3) is 0 Å². The van der Waals surface area contributed by atoms with Crippen LogP contribution in [0.1, 0.15) is 5.56 Å². The molecule has 144 valence electrons. The summed E-state index contributed by atoms with van der Waals surface area (Å²) in [5.41, 5.74) is 1.28. The number of rotatable bonds is 8. The first-order valence-corrected chi connectivity index (χ1v) is 9.41. The van der Waals surface area contributed by atoms with Crippen molar-refractivity contribution in [2.45, 2.75) is 11.3 Å². The van der Waals surface area contributed by atoms with Crippen LogP contribution in [0.4, 0.5) is 5.69 Å². The average Bonchev–Trinajstić information content (AvgIpc) is 2.67. The first kappa shape index (κ1) is 20.4. The molecule has 27 heavy (non-hydrogen) atoms. The maximum Gasteiger partial charge on any atom is 0.320 e. The van der Waals surface area contributed by atoms with Gasteiger partial charge < -0.3 is 14.8 Å². The van der Waals surface area contributed by atoms with Crippen molar-refractivity contribution in [3.8, 4) is 5.75 Å². The maximum absolute atomic E-state index is 12.1. The normalized spacial score (nSPS) is 10.9. The number of ether oxygens (including phenoxy) is 2. The fourth-order valence-electron chi connectivity index (χ4n) is 2.16. The highest BCUT2D eigenvalue weighted by Crippen LogP contribution is 2.15. The average molecular weight is 392 g/mol. The van der Waals surface area contributed by atoms with Gasteiger partial charge in [0.25, 0.3) is 0 Å². The number of methoxy groups -OCH3 is 2. The number of anilines is 1. The highest BCUT2D eigenvalue weighted by Gasteiger charge is 2.15. The molecule has 8 nitrogen and oxygen atoms in total. The van der Waals surface area contributed by atoms with E-state index in [-0.39, 0.29) is 17.2 Å². The van der Waals surface area contributed by atoms with E-state index in [4.69, 9.17) is 4.74 Å². The molecule has 0 aliphatic carbocycles. The number of hydrogen-bond acceptors (Lipinski definition) is 6. The molecule has 0 saturated carbocycles. The fraction of sp³-hybridized carbons (Fsp3) is 0.222. The van der Waals surface area contributed by atoms with Crippen molar-refractivity contribution >= 4 is 27.6 Å². The third-order valence-electron chi connectivity index (χ3n) is 3.61. The first-order chi connectivity index (χ1) is 12.8. The lowest BCUT2D eigenvalue weighted by molar-refractivity contribution is -0.139. The molecular formula is C18H20N2O6S. The van der Waals surface area contributed by atoms with Gasteiger partial charge in [-0.2, -0.15) is 4.72 Å². The summed E-state index contributed by atoms with van der Waals surface area (Å²) >= 11 is 0. The van der Waals surface area contributed by atoms with Gasteiger partial charge in [0, 0.05) is 5.69 Å². The Bertz CT molecular complexity index is 892. The van der Waals surface area contributed by atoms with Gasteiger partial charge in [0.05, 0.1) is 25.5 Å². The molecule has 9 heteroatoms. The van der Waals surface area contributed by atoms with Crippen LogP contribution >= 0.6 is 0 Å². The molecule has 0 aliphatic heterocycles. The predicted molar refractivity (Wildman–Crippen MR) is 99.0 cm³/mol. The minimum Gasteiger partial charge on any atom is -0.497 e. The number of hydrogen-bond donors (Lipinski definition) is 2. The number of esters is 1. The minimum absolute atomic E-state index is 0.0282. The van der Waals surface area contributed by atoms with E-state index in [0.717, 1.165) is 5.56 Å². The molecule has 0 radical (unpaired) electrons. The van der Waals surface area contributed by atoms with Crippen LogP contribution in [0.15, 0.2) is 53.4 Å². The molecule has 0 saturated heterocycles. The zero-order valence-electron chi connectivity index (χ0n) is 14.9. The zero-order valence-corrected chi connectivity index (χ0v) is 15.7. The van der Waals surface area contributed by atoms with Crippen LogP contribution in [-0.4, -0.2) is 41.1 Å². The molecule has 2 rings (SSSR count). The van der Waals surface area contributed by atoms with Crippen molar-refractivity contribution < 1.29 is 27.5 Å². The molecule has 0 bridgehead atoms. The quantitative estimate of drug-likeness (QED) is 0.656. The van der Waals surface area contributed by atoms with E-state index in [1.165, 1.54) is 31.4 Å². The summed E-state index contributed by atoms with van der Waals surface area (Å²) in [6, 6.07) is 12.7. The van der Waals surface area contributed by atoms with Crippen molar-refractivity contribution in [2.24, 2.45) is 0 Å². The van der Waals surface area contributed by atoms with Crippen LogP contribution in [-0.2, 0) is 30.8 Å². The van der Waals surface area contributed by atoms with Crippen molar-refractivity contribution in [3.05, 3.63) is 54.1 Å². The molecule has 1 amide bonds. The molecule has 0 atom stereocenters. The van der Waals surface area contributed by atoms with Gasteiger partial charge >= 0.3 is 5.97 Å². The predicted octanol–water partition coefficient (Wildman–Crippen LogP) is 1.33. The second kappa shape index (κ2) is 9.15. The van der Waals surface area contributed by atoms with E-state index in [2.05, 4.69) is 14.8 Å². The third-order valence-corrected chi connectivity index (χ3v) is 5.02. The molecule has 0 spiro atoms. The summed E-state index contributed by atoms with van der Waals surface area (Å²) in [5, 5.41) is 2.70. The van der Waals surface area contributed by atoms with E-state index in [1.54, 1.807) is 31.4 Å². The second-order valence-electron chi connectivity index (χ2n) is 5.50. The maximum atomic E-state index is 12.1. The molecule has 2 N–H and O–H groups in total. The number of amides is 1. The molecular weight excluding hydrogens is 372 g/mol. The summed E-state index contributed by atoms with van der Waals surface area (Å²) in [5.74, 6) is -0.225. The highest BCUT2D eigenvalue weighted by molar-refractivity contribution is 7.89. The van der Waals surface area contributed by atoms with Crippen molar-refractivity contribution in [2.75, 3.05) is 26.1 Å². The molecule has 2 aromatic carbocycles. The molecule has 0 aromatic heterocycles. The van der Waals surface area contributed by atoms with E-state index in [9.17, 15) is 18.0 Å². The van der Waals surface area contributed by atoms with Gasteiger partial charge in [0.15, 0.2) is 0 Å². The smallest absolute Gasteiger partial charge is 0.320 e. The highest BCUT2D eigenvalue weighted by atomic mass is 32.2. The van der Waals surface area contributed by atoms with Gasteiger partial charge in [-0.25, -0.2) is 8.42 Å². The summed E-state index contributed by atoms with van der Waals surface area (Å²) in [6.45, 7) is -0.459.